The molecule has 1 atom stereocenters. The van der Waals surface area contributed by atoms with Gasteiger partial charge in [-0.15, -0.1) is 0 Å². The van der Waals surface area contributed by atoms with Gasteiger partial charge in [-0.3, -0.25) is 0 Å². The third-order valence-electron chi connectivity index (χ3n) is 4.90. The lowest BCUT2D eigenvalue weighted by molar-refractivity contribution is -0.0575. The Balaban J connectivity index is 1.56. The van der Waals surface area contributed by atoms with Crippen LogP contribution in [-0.4, -0.2) is 41.9 Å². The fourth-order valence-electron chi connectivity index (χ4n) is 3.30. The summed E-state index contributed by atoms with van der Waals surface area (Å²) in [5, 5.41) is 6.06. The smallest absolute Gasteiger partial charge is 0.315 e. The van der Waals surface area contributed by atoms with E-state index < -0.39 is 0 Å². The lowest BCUT2D eigenvalue weighted by atomic mass is 10.0. The molecule has 28 heavy (non-hydrogen) atoms. The van der Waals surface area contributed by atoms with Crippen molar-refractivity contribution >= 4 is 17.1 Å². The molecule has 1 aliphatic heterocycles. The lowest BCUT2D eigenvalue weighted by Gasteiger charge is -2.38. The maximum Gasteiger partial charge on any atom is 0.315 e. The second-order valence-electron chi connectivity index (χ2n) is 7.40. The van der Waals surface area contributed by atoms with E-state index in [9.17, 15) is 4.79 Å². The average molecular weight is 380 g/mol. The van der Waals surface area contributed by atoms with Gasteiger partial charge in [0.2, 0.25) is 0 Å². The quantitative estimate of drug-likeness (QED) is 0.613. The maximum absolute atomic E-state index is 12.6. The number of hydrogen-bond acceptors (Lipinski definition) is 4. The Morgan fingerprint density at radius 2 is 2.00 bits per heavy atom. The van der Waals surface area contributed by atoms with Crippen molar-refractivity contribution in [3.8, 4) is 5.75 Å². The molecule has 2 aromatic carbocycles. The number of urea groups is 1. The zero-order valence-corrected chi connectivity index (χ0v) is 16.0. The van der Waals surface area contributed by atoms with Crippen molar-refractivity contribution in [2.75, 3.05) is 20.3 Å². The van der Waals surface area contributed by atoms with E-state index in [1.807, 2.05) is 55.5 Å². The molecule has 7 nitrogen and oxygen atoms in total. The predicted molar refractivity (Wildman–Crippen MR) is 106 cm³/mol. The molecule has 1 aromatic heterocycles. The zero-order chi connectivity index (χ0) is 19.6. The minimum Gasteiger partial charge on any atom is -0.497 e. The molecule has 0 bridgehead atoms. The van der Waals surface area contributed by atoms with E-state index >= 15 is 0 Å². The molecule has 3 aromatic rings. The van der Waals surface area contributed by atoms with Gasteiger partial charge in [0, 0.05) is 0 Å². The van der Waals surface area contributed by atoms with Gasteiger partial charge in [0.25, 0.3) is 0 Å². The average Bonchev–Trinajstić information content (AvgIpc) is 3.11. The number of para-hydroxylation sites is 2. The van der Waals surface area contributed by atoms with Crippen LogP contribution in [0.3, 0.4) is 0 Å². The van der Waals surface area contributed by atoms with Crippen LogP contribution in [0, 0.1) is 0 Å². The fourth-order valence-corrected chi connectivity index (χ4v) is 3.30. The Hall–Kier alpha value is -3.06. The Bertz CT molecular complexity index is 930. The number of carbonyl (C=O) groups excluding carboxylic acids is 1. The van der Waals surface area contributed by atoms with E-state index in [0.29, 0.717) is 19.6 Å². The monoisotopic (exact) mass is 380 g/mol. The topological polar surface area (TPSA) is 88.3 Å². The zero-order valence-electron chi connectivity index (χ0n) is 16.0. The summed E-state index contributed by atoms with van der Waals surface area (Å²) in [6.45, 7) is 3.01. The highest BCUT2D eigenvalue weighted by Crippen LogP contribution is 2.22. The number of carbonyl (C=O) groups is 1. The molecule has 0 aliphatic carbocycles. The number of benzene rings is 2. The van der Waals surface area contributed by atoms with Crippen molar-refractivity contribution in [1.29, 1.82) is 0 Å². The first-order valence-electron chi connectivity index (χ1n) is 9.29. The highest BCUT2D eigenvalue weighted by Gasteiger charge is 2.35. The predicted octanol–water partition coefficient (Wildman–Crippen LogP) is 2.94. The van der Waals surface area contributed by atoms with Crippen molar-refractivity contribution < 1.29 is 14.3 Å². The van der Waals surface area contributed by atoms with Crippen LogP contribution in [0.4, 0.5) is 4.79 Å². The van der Waals surface area contributed by atoms with E-state index in [1.54, 1.807) is 7.11 Å². The molecule has 0 spiro atoms. The molecule has 2 heterocycles. The molecule has 3 N–H and O–H groups in total. The molecule has 1 saturated heterocycles. The normalized spacial score (nSPS) is 16.2. The number of nitrogens with one attached hydrogen (secondary N) is 3. The van der Waals surface area contributed by atoms with Crippen LogP contribution < -0.4 is 15.4 Å². The Morgan fingerprint density at radius 3 is 2.64 bits per heavy atom. The summed E-state index contributed by atoms with van der Waals surface area (Å²) in [6.07, 6.45) is 0.602. The Kier molecular flexibility index (Phi) is 4.92. The van der Waals surface area contributed by atoms with Crippen molar-refractivity contribution in [2.45, 2.75) is 24.9 Å². The molecule has 0 unspecified atom stereocenters. The van der Waals surface area contributed by atoms with E-state index in [4.69, 9.17) is 9.47 Å². The molecule has 2 amide bonds. The number of ether oxygens (including phenoxy) is 2. The molecule has 0 saturated carbocycles. The number of nitrogens with zero attached hydrogens (tertiary/aromatic N) is 1. The first-order chi connectivity index (χ1) is 13.5. The van der Waals surface area contributed by atoms with Gasteiger partial charge < -0.3 is 25.1 Å². The molecule has 1 aliphatic rings. The fraction of sp³-hybridized carbons (Fsp3) is 0.333. The van der Waals surface area contributed by atoms with Crippen molar-refractivity contribution in [3.05, 3.63) is 59.9 Å². The number of hydrogen-bond donors (Lipinski definition) is 3. The van der Waals surface area contributed by atoms with Gasteiger partial charge in [-0.05, 0) is 43.2 Å². The number of methoxy groups -OCH3 is 1. The third-order valence-corrected chi connectivity index (χ3v) is 4.90. The van der Waals surface area contributed by atoms with Crippen LogP contribution >= 0.6 is 0 Å². The van der Waals surface area contributed by atoms with E-state index in [1.165, 1.54) is 0 Å². The summed E-state index contributed by atoms with van der Waals surface area (Å²) < 4.78 is 10.4. The van der Waals surface area contributed by atoms with Crippen molar-refractivity contribution in [3.63, 3.8) is 0 Å². The van der Waals surface area contributed by atoms with Gasteiger partial charge in [-0.1, -0.05) is 24.3 Å². The molecular formula is C21H24N4O3. The summed E-state index contributed by atoms with van der Waals surface area (Å²) in [5.74, 6) is 1.52. The second-order valence-corrected chi connectivity index (χ2v) is 7.40. The second kappa shape index (κ2) is 7.52. The van der Waals surface area contributed by atoms with Crippen LogP contribution in [0.15, 0.2) is 48.5 Å². The van der Waals surface area contributed by atoms with Crippen LogP contribution in [0.1, 0.15) is 24.4 Å². The minimum absolute atomic E-state index is 0.232. The molecule has 146 valence electrons. The third kappa shape index (κ3) is 3.94. The number of imidazole rings is 1. The van der Waals surface area contributed by atoms with Crippen molar-refractivity contribution in [2.24, 2.45) is 0 Å². The number of amides is 2. The number of aromatic amines is 1. The highest BCUT2D eigenvalue weighted by atomic mass is 16.5. The molecule has 7 heteroatoms. The molecule has 0 radical (unpaired) electrons. The van der Waals surface area contributed by atoms with Crippen LogP contribution in [0.5, 0.6) is 5.75 Å². The van der Waals surface area contributed by atoms with E-state index in [-0.39, 0.29) is 17.6 Å². The number of fused-ring (bicyclic) bond motifs is 1. The van der Waals surface area contributed by atoms with Crippen LogP contribution in [-0.2, 0) is 11.2 Å². The SMILES string of the molecule is COc1ccc(C[C@@H](NC(=O)NC2(C)COC2)c2nc3ccccc3[nH]2)cc1. The van der Waals surface area contributed by atoms with E-state index in [2.05, 4.69) is 20.6 Å². The standard InChI is InChI=1S/C21H24N4O3/c1-21(12-28-13-21)25-20(26)24-18(11-14-7-9-15(27-2)10-8-14)19-22-16-5-3-4-6-17(16)23-19/h3-10,18H,11-13H2,1-2H3,(H,22,23)(H2,24,25,26)/t18-/m1/s1. The maximum atomic E-state index is 12.6. The minimum atomic E-state index is -0.317. The van der Waals surface area contributed by atoms with Crippen LogP contribution in [0.25, 0.3) is 11.0 Å². The molecule has 4 rings (SSSR count). The number of rotatable bonds is 6. The first kappa shape index (κ1) is 18.3. The van der Waals surface area contributed by atoms with Gasteiger partial charge in [0.05, 0.1) is 42.9 Å². The summed E-state index contributed by atoms with van der Waals surface area (Å²) in [4.78, 5) is 20.6. The summed E-state index contributed by atoms with van der Waals surface area (Å²) in [5.41, 5.74) is 2.57. The molecule has 1 fully saturated rings. The summed E-state index contributed by atoms with van der Waals surface area (Å²) >= 11 is 0. The van der Waals surface area contributed by atoms with Gasteiger partial charge in [-0.2, -0.15) is 0 Å². The van der Waals surface area contributed by atoms with E-state index in [0.717, 1.165) is 28.2 Å². The Morgan fingerprint density at radius 1 is 1.25 bits per heavy atom. The molecular weight excluding hydrogens is 356 g/mol. The van der Waals surface area contributed by atoms with Gasteiger partial charge in [0.15, 0.2) is 0 Å². The van der Waals surface area contributed by atoms with Gasteiger partial charge >= 0.3 is 6.03 Å². The van der Waals surface area contributed by atoms with Gasteiger partial charge in [0.1, 0.15) is 11.6 Å². The highest BCUT2D eigenvalue weighted by molar-refractivity contribution is 5.77. The van der Waals surface area contributed by atoms with Crippen LogP contribution in [0.2, 0.25) is 0 Å². The lowest BCUT2D eigenvalue weighted by Crippen LogP contribution is -2.62. The largest absolute Gasteiger partial charge is 0.497 e. The first-order valence-corrected chi connectivity index (χ1v) is 9.29. The number of H-pyrrole nitrogens is 1. The van der Waals surface area contributed by atoms with Gasteiger partial charge in [-0.25, -0.2) is 9.78 Å². The number of aromatic nitrogens is 2. The van der Waals surface area contributed by atoms with Crippen molar-refractivity contribution in [1.82, 2.24) is 20.6 Å². The Labute approximate surface area is 163 Å². The summed E-state index contributed by atoms with van der Waals surface area (Å²) in [7, 11) is 1.64. The summed E-state index contributed by atoms with van der Waals surface area (Å²) in [6, 6.07) is 15.1.